The molecular weight excluding hydrogens is 312 g/mol. The molecule has 0 bridgehead atoms. The highest BCUT2D eigenvalue weighted by atomic mass is 16.5. The normalized spacial score (nSPS) is 15.3. The molecule has 2 heterocycles. The Hall–Kier alpha value is -2.64. The van der Waals surface area contributed by atoms with Crippen molar-refractivity contribution >= 4 is 11.8 Å². The van der Waals surface area contributed by atoms with Gasteiger partial charge in [0.15, 0.2) is 11.6 Å². The van der Waals surface area contributed by atoms with E-state index in [4.69, 9.17) is 8.94 Å². The van der Waals surface area contributed by atoms with Gasteiger partial charge < -0.3 is 19.6 Å². The van der Waals surface area contributed by atoms with Gasteiger partial charge in [0.1, 0.15) is 6.04 Å². The van der Waals surface area contributed by atoms with Gasteiger partial charge in [0.2, 0.25) is 11.8 Å². The van der Waals surface area contributed by atoms with E-state index in [-0.39, 0.29) is 24.1 Å². The van der Waals surface area contributed by atoms with Crippen LogP contribution in [0.25, 0.3) is 0 Å². The standard InChI is InChI=1S/C16H20N4O4/c1-9(2)13(19-14(21)11-4-3-7-23-11)15(22)17-8-12-18-16(24-20-12)10-5-6-10/h3-4,7,9-10,13H,5-6,8H2,1-2H3,(H,17,22)(H,19,21)/t13-/m1/s1. The van der Waals surface area contributed by atoms with Crippen LogP contribution >= 0.6 is 0 Å². The van der Waals surface area contributed by atoms with Crippen molar-refractivity contribution in [2.24, 2.45) is 5.92 Å². The van der Waals surface area contributed by atoms with Gasteiger partial charge in [-0.3, -0.25) is 9.59 Å². The molecule has 2 N–H and O–H groups in total. The van der Waals surface area contributed by atoms with E-state index >= 15 is 0 Å². The van der Waals surface area contributed by atoms with Crippen molar-refractivity contribution < 1.29 is 18.5 Å². The smallest absolute Gasteiger partial charge is 0.287 e. The Labute approximate surface area is 139 Å². The Bertz CT molecular complexity index is 703. The quantitative estimate of drug-likeness (QED) is 0.797. The van der Waals surface area contributed by atoms with Gasteiger partial charge in [-0.1, -0.05) is 19.0 Å². The maximum absolute atomic E-state index is 12.4. The fourth-order valence-electron chi connectivity index (χ4n) is 2.27. The van der Waals surface area contributed by atoms with Crippen molar-refractivity contribution in [2.45, 2.75) is 45.2 Å². The first-order chi connectivity index (χ1) is 11.5. The topological polar surface area (TPSA) is 110 Å². The molecule has 8 heteroatoms. The highest BCUT2D eigenvalue weighted by Gasteiger charge is 2.30. The van der Waals surface area contributed by atoms with E-state index in [0.29, 0.717) is 17.6 Å². The van der Waals surface area contributed by atoms with Crippen LogP contribution in [-0.2, 0) is 11.3 Å². The molecule has 2 aromatic heterocycles. The van der Waals surface area contributed by atoms with Gasteiger partial charge >= 0.3 is 0 Å². The third-order valence-corrected chi connectivity index (χ3v) is 3.81. The SMILES string of the molecule is CC(C)[C@@H](NC(=O)c1ccco1)C(=O)NCc1noc(C2CC2)n1. The maximum atomic E-state index is 12.4. The zero-order chi connectivity index (χ0) is 17.1. The van der Waals surface area contributed by atoms with Gasteiger partial charge in [-0.2, -0.15) is 4.98 Å². The molecule has 0 radical (unpaired) electrons. The summed E-state index contributed by atoms with van der Waals surface area (Å²) in [6.07, 6.45) is 3.55. The second kappa shape index (κ2) is 6.86. The number of nitrogens with zero attached hydrogens (tertiary/aromatic N) is 2. The summed E-state index contributed by atoms with van der Waals surface area (Å²) in [5.41, 5.74) is 0. The van der Waals surface area contributed by atoms with Crippen molar-refractivity contribution in [3.8, 4) is 0 Å². The number of aromatic nitrogens is 2. The molecule has 3 rings (SSSR count). The van der Waals surface area contributed by atoms with Gasteiger partial charge in [-0.15, -0.1) is 0 Å². The Morgan fingerprint density at radius 3 is 2.79 bits per heavy atom. The molecule has 128 valence electrons. The molecule has 0 unspecified atom stereocenters. The third kappa shape index (κ3) is 3.81. The highest BCUT2D eigenvalue weighted by Crippen LogP contribution is 2.38. The number of amides is 2. The lowest BCUT2D eigenvalue weighted by atomic mass is 10.0. The van der Waals surface area contributed by atoms with Gasteiger partial charge in [0, 0.05) is 5.92 Å². The van der Waals surface area contributed by atoms with Crippen molar-refractivity contribution in [2.75, 3.05) is 0 Å². The molecule has 2 aromatic rings. The summed E-state index contributed by atoms with van der Waals surface area (Å²) in [5, 5.41) is 9.27. The molecule has 2 amide bonds. The second-order valence-electron chi connectivity index (χ2n) is 6.21. The van der Waals surface area contributed by atoms with E-state index in [9.17, 15) is 9.59 Å². The molecule has 1 fully saturated rings. The molecule has 0 aromatic carbocycles. The number of nitrogens with one attached hydrogen (secondary N) is 2. The van der Waals surface area contributed by atoms with E-state index in [0.717, 1.165) is 12.8 Å². The lowest BCUT2D eigenvalue weighted by molar-refractivity contribution is -0.124. The van der Waals surface area contributed by atoms with Crippen LogP contribution in [0, 0.1) is 5.92 Å². The van der Waals surface area contributed by atoms with Crippen molar-refractivity contribution in [1.82, 2.24) is 20.8 Å². The minimum atomic E-state index is -0.683. The fourth-order valence-corrected chi connectivity index (χ4v) is 2.27. The van der Waals surface area contributed by atoms with Crippen LogP contribution in [0.4, 0.5) is 0 Å². The lowest BCUT2D eigenvalue weighted by Crippen LogP contribution is -2.49. The van der Waals surface area contributed by atoms with Crippen molar-refractivity contribution in [1.29, 1.82) is 0 Å². The molecule has 1 aliphatic rings. The van der Waals surface area contributed by atoms with Crippen molar-refractivity contribution in [3.05, 3.63) is 35.9 Å². The molecule has 0 aliphatic heterocycles. The number of hydrogen-bond acceptors (Lipinski definition) is 6. The third-order valence-electron chi connectivity index (χ3n) is 3.81. The van der Waals surface area contributed by atoms with Crippen LogP contribution in [0.5, 0.6) is 0 Å². The Morgan fingerprint density at radius 2 is 2.17 bits per heavy atom. The van der Waals surface area contributed by atoms with Gasteiger partial charge in [0.25, 0.3) is 5.91 Å². The molecular formula is C16H20N4O4. The summed E-state index contributed by atoms with van der Waals surface area (Å²) in [5.74, 6) is 0.790. The van der Waals surface area contributed by atoms with E-state index < -0.39 is 11.9 Å². The van der Waals surface area contributed by atoms with Crippen LogP contribution in [0.3, 0.4) is 0 Å². The average molecular weight is 332 g/mol. The first-order valence-corrected chi connectivity index (χ1v) is 7.99. The van der Waals surface area contributed by atoms with Crippen LogP contribution in [0.2, 0.25) is 0 Å². The zero-order valence-corrected chi connectivity index (χ0v) is 13.6. The number of furan rings is 1. The Balaban J connectivity index is 1.56. The lowest BCUT2D eigenvalue weighted by Gasteiger charge is -2.20. The first-order valence-electron chi connectivity index (χ1n) is 7.99. The minimum absolute atomic E-state index is 0.0868. The summed E-state index contributed by atoms with van der Waals surface area (Å²) >= 11 is 0. The summed E-state index contributed by atoms with van der Waals surface area (Å²) in [7, 11) is 0. The predicted molar refractivity (Wildman–Crippen MR) is 82.9 cm³/mol. The van der Waals surface area contributed by atoms with Crippen LogP contribution in [0.1, 0.15) is 54.9 Å². The molecule has 1 atom stereocenters. The van der Waals surface area contributed by atoms with Crippen LogP contribution in [0.15, 0.2) is 27.3 Å². The number of carbonyl (C=O) groups is 2. The number of hydrogen-bond donors (Lipinski definition) is 2. The summed E-state index contributed by atoms with van der Waals surface area (Å²) in [6, 6.07) is 2.48. The van der Waals surface area contributed by atoms with E-state index in [1.807, 2.05) is 13.8 Å². The molecule has 8 nitrogen and oxygen atoms in total. The minimum Gasteiger partial charge on any atom is -0.459 e. The van der Waals surface area contributed by atoms with Crippen LogP contribution < -0.4 is 10.6 Å². The molecule has 1 saturated carbocycles. The first kappa shape index (κ1) is 16.2. The number of rotatable bonds is 7. The zero-order valence-electron chi connectivity index (χ0n) is 13.6. The predicted octanol–water partition coefficient (Wildman–Crippen LogP) is 1.61. The largest absolute Gasteiger partial charge is 0.459 e. The Kier molecular flexibility index (Phi) is 4.64. The maximum Gasteiger partial charge on any atom is 0.287 e. The highest BCUT2D eigenvalue weighted by molar-refractivity contribution is 5.95. The fraction of sp³-hybridized carbons (Fsp3) is 0.500. The van der Waals surface area contributed by atoms with E-state index in [1.54, 1.807) is 12.1 Å². The van der Waals surface area contributed by atoms with Crippen LogP contribution in [-0.4, -0.2) is 28.0 Å². The Morgan fingerprint density at radius 1 is 1.38 bits per heavy atom. The van der Waals surface area contributed by atoms with E-state index in [2.05, 4.69) is 20.8 Å². The summed E-state index contributed by atoms with van der Waals surface area (Å²) in [6.45, 7) is 3.87. The molecule has 1 aliphatic carbocycles. The van der Waals surface area contributed by atoms with Gasteiger partial charge in [-0.25, -0.2) is 0 Å². The molecule has 0 saturated heterocycles. The summed E-state index contributed by atoms with van der Waals surface area (Å²) < 4.78 is 10.2. The van der Waals surface area contributed by atoms with E-state index in [1.165, 1.54) is 6.26 Å². The number of carbonyl (C=O) groups excluding carboxylic acids is 2. The van der Waals surface area contributed by atoms with Crippen molar-refractivity contribution in [3.63, 3.8) is 0 Å². The average Bonchev–Trinajstić information content (AvgIpc) is 3.07. The van der Waals surface area contributed by atoms with Gasteiger partial charge in [0.05, 0.1) is 12.8 Å². The molecule has 0 spiro atoms. The summed E-state index contributed by atoms with van der Waals surface area (Å²) in [4.78, 5) is 28.7. The molecule has 24 heavy (non-hydrogen) atoms. The monoisotopic (exact) mass is 332 g/mol. The van der Waals surface area contributed by atoms with Gasteiger partial charge in [-0.05, 0) is 30.9 Å². The second-order valence-corrected chi connectivity index (χ2v) is 6.21.